The van der Waals surface area contributed by atoms with E-state index in [1.54, 1.807) is 0 Å². The van der Waals surface area contributed by atoms with E-state index in [-0.39, 0.29) is 5.78 Å². The quantitative estimate of drug-likeness (QED) is 0.867. The number of ketones is 1. The van der Waals surface area contributed by atoms with Crippen LogP contribution in [0.3, 0.4) is 0 Å². The number of aromatic amines is 1. The number of aromatic nitrogens is 1. The highest BCUT2D eigenvalue weighted by atomic mass is 79.9. The van der Waals surface area contributed by atoms with Crippen LogP contribution >= 0.6 is 15.9 Å². The zero-order valence-corrected chi connectivity index (χ0v) is 14.5. The molecule has 2 rings (SSSR count). The molecule has 0 spiro atoms. The molecule has 0 aliphatic carbocycles. The minimum absolute atomic E-state index is 0.0179. The predicted molar refractivity (Wildman–Crippen MR) is 91.1 cm³/mol. The highest BCUT2D eigenvalue weighted by Crippen LogP contribution is 2.23. The summed E-state index contributed by atoms with van der Waals surface area (Å²) in [6.07, 6.45) is 2.49. The van der Waals surface area contributed by atoms with Crippen LogP contribution in [0.1, 0.15) is 40.2 Å². The van der Waals surface area contributed by atoms with Crippen LogP contribution in [-0.2, 0) is 11.2 Å². The zero-order valence-electron chi connectivity index (χ0n) is 13.0. The van der Waals surface area contributed by atoms with Crippen LogP contribution in [0.5, 0.6) is 0 Å². The van der Waals surface area contributed by atoms with E-state index >= 15 is 0 Å². The third-order valence-corrected chi connectivity index (χ3v) is 3.18. The van der Waals surface area contributed by atoms with Gasteiger partial charge in [0.05, 0.1) is 6.04 Å². The fourth-order valence-corrected chi connectivity index (χ4v) is 2.06. The number of fused-ring (bicyclic) bond motifs is 1. The first-order valence-corrected chi connectivity index (χ1v) is 7.89. The van der Waals surface area contributed by atoms with Crippen molar-refractivity contribution in [2.24, 2.45) is 5.73 Å². The van der Waals surface area contributed by atoms with Crippen molar-refractivity contribution in [3.8, 4) is 0 Å². The van der Waals surface area contributed by atoms with Crippen molar-refractivity contribution < 1.29 is 4.79 Å². The smallest absolute Gasteiger partial charge is 0.146 e. The van der Waals surface area contributed by atoms with Gasteiger partial charge in [0.25, 0.3) is 0 Å². The van der Waals surface area contributed by atoms with E-state index in [0.29, 0.717) is 6.42 Å². The molecule has 0 aliphatic rings. The number of rotatable bonds is 3. The Bertz CT molecular complexity index is 534. The molecule has 20 heavy (non-hydrogen) atoms. The summed E-state index contributed by atoms with van der Waals surface area (Å²) in [6, 6.07) is 5.60. The Morgan fingerprint density at radius 2 is 1.90 bits per heavy atom. The first-order chi connectivity index (χ1) is 9.58. The molecule has 0 saturated carbocycles. The van der Waals surface area contributed by atoms with Gasteiger partial charge in [0.1, 0.15) is 5.78 Å². The van der Waals surface area contributed by atoms with Crippen molar-refractivity contribution in [1.29, 1.82) is 0 Å². The van der Waals surface area contributed by atoms with Crippen LogP contribution < -0.4 is 5.73 Å². The Labute approximate surface area is 130 Å². The van der Waals surface area contributed by atoms with Crippen molar-refractivity contribution >= 4 is 32.6 Å². The zero-order chi connectivity index (χ0) is 15.7. The molecule has 4 heteroatoms. The lowest BCUT2D eigenvalue weighted by Gasteiger charge is -2.06. The van der Waals surface area contributed by atoms with Crippen LogP contribution in [-0.4, -0.2) is 16.8 Å². The summed E-state index contributed by atoms with van der Waals surface area (Å²) in [5.41, 5.74) is 7.91. The van der Waals surface area contributed by atoms with Gasteiger partial charge in [0, 0.05) is 21.6 Å². The van der Waals surface area contributed by atoms with Crippen LogP contribution in [0.2, 0.25) is 0 Å². The van der Waals surface area contributed by atoms with Gasteiger partial charge < -0.3 is 10.7 Å². The number of hydrogen-bond acceptors (Lipinski definition) is 2. The van der Waals surface area contributed by atoms with Gasteiger partial charge in [-0.1, -0.05) is 43.6 Å². The van der Waals surface area contributed by atoms with E-state index in [0.717, 1.165) is 20.9 Å². The Morgan fingerprint density at radius 3 is 2.45 bits per heavy atom. The number of nitrogens with two attached hydrogens (primary N) is 1. The molecule has 1 unspecified atom stereocenters. The van der Waals surface area contributed by atoms with E-state index in [1.165, 1.54) is 6.92 Å². The molecule has 3 N–H and O–H groups in total. The summed E-state index contributed by atoms with van der Waals surface area (Å²) >= 11 is 3.43. The molecule has 0 radical (unpaired) electrons. The van der Waals surface area contributed by atoms with Crippen molar-refractivity contribution in [1.82, 2.24) is 4.98 Å². The van der Waals surface area contributed by atoms with Crippen LogP contribution in [0.15, 0.2) is 28.9 Å². The van der Waals surface area contributed by atoms with Gasteiger partial charge in [-0.25, -0.2) is 0 Å². The Kier molecular flexibility index (Phi) is 9.17. The third kappa shape index (κ3) is 5.10. The maximum absolute atomic E-state index is 11.1. The molecule has 1 heterocycles. The van der Waals surface area contributed by atoms with Gasteiger partial charge in [-0.2, -0.15) is 0 Å². The van der Waals surface area contributed by atoms with Crippen molar-refractivity contribution in [3.05, 3.63) is 34.4 Å². The van der Waals surface area contributed by atoms with E-state index in [2.05, 4.69) is 20.9 Å². The van der Waals surface area contributed by atoms with Crippen LogP contribution in [0, 0.1) is 0 Å². The summed E-state index contributed by atoms with van der Waals surface area (Å²) in [4.78, 5) is 14.3. The highest BCUT2D eigenvalue weighted by Gasteiger charge is 2.12. The second-order valence-electron chi connectivity index (χ2n) is 3.93. The number of nitrogens with one attached hydrogen (secondary N) is 1. The van der Waals surface area contributed by atoms with Crippen molar-refractivity contribution in [2.75, 3.05) is 0 Å². The molecule has 1 atom stereocenters. The molecule has 0 saturated heterocycles. The summed E-state index contributed by atoms with van der Waals surface area (Å²) < 4.78 is 1.03. The fourth-order valence-electron chi connectivity index (χ4n) is 1.70. The first kappa shape index (κ1) is 18.9. The molecule has 0 aliphatic heterocycles. The molecule has 0 fully saturated rings. The molecule has 2 aromatic rings. The van der Waals surface area contributed by atoms with Crippen LogP contribution in [0.25, 0.3) is 10.9 Å². The topological polar surface area (TPSA) is 58.9 Å². The van der Waals surface area contributed by atoms with Gasteiger partial charge in [0.2, 0.25) is 0 Å². The molecule has 3 nitrogen and oxygen atoms in total. The maximum atomic E-state index is 11.1. The number of benzene rings is 1. The number of Topliss-reactive ketones (excluding diaryl/α,β-unsaturated/α-hetero) is 1. The molecule has 112 valence electrons. The monoisotopic (exact) mass is 340 g/mol. The lowest BCUT2D eigenvalue weighted by atomic mass is 10.0. The van der Waals surface area contributed by atoms with Gasteiger partial charge >= 0.3 is 0 Å². The standard InChI is InChI=1S/C12H13BrN2O.2C2H6/c1-7(16)11(14)4-8-6-15-12-3-2-9(13)5-10(8)12;2*1-2/h2-3,5-6,11,15H,4,14H2,1H3;2*1-2H3. The summed E-state index contributed by atoms with van der Waals surface area (Å²) in [7, 11) is 0. The fraction of sp³-hybridized carbons (Fsp3) is 0.438. The van der Waals surface area contributed by atoms with Gasteiger partial charge in [-0.05, 0) is 37.1 Å². The molecule has 0 bridgehead atoms. The molecule has 1 aromatic carbocycles. The number of H-pyrrole nitrogens is 1. The number of carbonyl (C=O) groups is 1. The SMILES string of the molecule is CC.CC.CC(=O)C(N)Cc1c[nH]c2ccc(Br)cc12. The summed E-state index contributed by atoms with van der Waals surface area (Å²) in [5, 5.41) is 1.12. The lowest BCUT2D eigenvalue weighted by Crippen LogP contribution is -2.30. The average molecular weight is 341 g/mol. The molecular weight excluding hydrogens is 316 g/mol. The Balaban J connectivity index is 0.000000829. The largest absolute Gasteiger partial charge is 0.361 e. The van der Waals surface area contributed by atoms with Gasteiger partial charge in [-0.3, -0.25) is 4.79 Å². The van der Waals surface area contributed by atoms with E-state index in [1.807, 2.05) is 52.1 Å². The summed E-state index contributed by atoms with van der Waals surface area (Å²) in [6.45, 7) is 9.52. The van der Waals surface area contributed by atoms with E-state index < -0.39 is 6.04 Å². The minimum Gasteiger partial charge on any atom is -0.361 e. The minimum atomic E-state index is -0.419. The van der Waals surface area contributed by atoms with Gasteiger partial charge in [0.15, 0.2) is 0 Å². The maximum Gasteiger partial charge on any atom is 0.146 e. The van der Waals surface area contributed by atoms with E-state index in [9.17, 15) is 4.79 Å². The normalized spacial score (nSPS) is 10.9. The third-order valence-electron chi connectivity index (χ3n) is 2.69. The molecular formula is C16H25BrN2O. The molecule has 1 aromatic heterocycles. The number of carbonyl (C=O) groups excluding carboxylic acids is 1. The number of halogens is 1. The second kappa shape index (κ2) is 9.72. The Morgan fingerprint density at radius 1 is 1.30 bits per heavy atom. The van der Waals surface area contributed by atoms with Crippen molar-refractivity contribution in [3.63, 3.8) is 0 Å². The predicted octanol–water partition coefficient (Wildman–Crippen LogP) is 4.44. The molecule has 0 amide bonds. The second-order valence-corrected chi connectivity index (χ2v) is 4.84. The van der Waals surface area contributed by atoms with Crippen LogP contribution in [0.4, 0.5) is 0 Å². The summed E-state index contributed by atoms with van der Waals surface area (Å²) in [5.74, 6) is 0.0179. The Hall–Kier alpha value is -1.13. The highest BCUT2D eigenvalue weighted by molar-refractivity contribution is 9.10. The van der Waals surface area contributed by atoms with E-state index in [4.69, 9.17) is 5.73 Å². The number of hydrogen-bond donors (Lipinski definition) is 2. The first-order valence-electron chi connectivity index (χ1n) is 7.09. The van der Waals surface area contributed by atoms with Gasteiger partial charge in [-0.15, -0.1) is 0 Å². The average Bonchev–Trinajstić information content (AvgIpc) is 2.85. The lowest BCUT2D eigenvalue weighted by molar-refractivity contribution is -0.118. The van der Waals surface area contributed by atoms with Crippen molar-refractivity contribution in [2.45, 2.75) is 47.1 Å².